The van der Waals surface area contributed by atoms with Crippen LogP contribution in [0.3, 0.4) is 0 Å². The third-order valence-electron chi connectivity index (χ3n) is 5.86. The Kier molecular flexibility index (Phi) is 9.96. The number of benzene rings is 1. The standard InChI is InChI=1S/C24H38N4O5/c1-7-11-25-24(31)26-18-9-10-19-20(12-18)33-15-17(4)28(22(29)8-2)13-16(3)21(32-6)14-27(5)23(19)30/h9-10,12,16-17,21H,7-8,11,13-15H2,1-6H3,(H2,25,26,31)/t16-,17+,21+/m0/s1. The molecule has 0 saturated heterocycles. The van der Waals surface area contributed by atoms with E-state index in [2.05, 4.69) is 10.6 Å². The van der Waals surface area contributed by atoms with Gasteiger partial charge in [-0.2, -0.15) is 0 Å². The average Bonchev–Trinajstić information content (AvgIpc) is 2.81. The third-order valence-corrected chi connectivity index (χ3v) is 5.86. The Morgan fingerprint density at radius 2 is 1.94 bits per heavy atom. The predicted octanol–water partition coefficient (Wildman–Crippen LogP) is 2.96. The maximum atomic E-state index is 13.2. The summed E-state index contributed by atoms with van der Waals surface area (Å²) in [4.78, 5) is 41.4. The zero-order valence-electron chi connectivity index (χ0n) is 20.6. The van der Waals surface area contributed by atoms with Gasteiger partial charge in [-0.1, -0.05) is 20.8 Å². The van der Waals surface area contributed by atoms with E-state index in [0.717, 1.165) is 6.42 Å². The summed E-state index contributed by atoms with van der Waals surface area (Å²) in [5, 5.41) is 5.52. The maximum absolute atomic E-state index is 13.2. The third kappa shape index (κ3) is 7.08. The summed E-state index contributed by atoms with van der Waals surface area (Å²) in [5.41, 5.74) is 0.906. The smallest absolute Gasteiger partial charge is 0.319 e. The number of urea groups is 1. The molecule has 9 nitrogen and oxygen atoms in total. The van der Waals surface area contributed by atoms with E-state index < -0.39 is 0 Å². The summed E-state index contributed by atoms with van der Waals surface area (Å²) in [5.74, 6) is 0.224. The zero-order chi connectivity index (χ0) is 24.5. The average molecular weight is 463 g/mol. The molecule has 184 valence electrons. The highest BCUT2D eigenvalue weighted by molar-refractivity contribution is 5.98. The molecule has 33 heavy (non-hydrogen) atoms. The summed E-state index contributed by atoms with van der Waals surface area (Å²) in [6.45, 7) is 9.43. The highest BCUT2D eigenvalue weighted by Crippen LogP contribution is 2.27. The number of fused-ring (bicyclic) bond motifs is 1. The number of carbonyl (C=O) groups excluding carboxylic acids is 3. The molecule has 0 bridgehead atoms. The molecule has 0 aromatic heterocycles. The molecule has 9 heteroatoms. The molecule has 2 N–H and O–H groups in total. The summed E-state index contributed by atoms with van der Waals surface area (Å²) >= 11 is 0. The highest BCUT2D eigenvalue weighted by atomic mass is 16.5. The van der Waals surface area contributed by atoms with E-state index in [1.807, 2.05) is 32.6 Å². The highest BCUT2D eigenvalue weighted by Gasteiger charge is 2.29. The van der Waals surface area contributed by atoms with E-state index in [1.54, 1.807) is 37.3 Å². The van der Waals surface area contributed by atoms with E-state index in [-0.39, 0.29) is 42.5 Å². The lowest BCUT2D eigenvalue weighted by Crippen LogP contribution is -2.48. The predicted molar refractivity (Wildman–Crippen MR) is 128 cm³/mol. The summed E-state index contributed by atoms with van der Waals surface area (Å²) < 4.78 is 11.8. The van der Waals surface area contributed by atoms with Crippen molar-refractivity contribution in [1.29, 1.82) is 0 Å². The Labute approximate surface area is 196 Å². The van der Waals surface area contributed by atoms with Gasteiger partial charge in [0.05, 0.1) is 17.7 Å². The fourth-order valence-electron chi connectivity index (χ4n) is 3.81. The fraction of sp³-hybridized carbons (Fsp3) is 0.625. The van der Waals surface area contributed by atoms with Crippen LogP contribution < -0.4 is 15.4 Å². The van der Waals surface area contributed by atoms with Crippen molar-refractivity contribution in [2.45, 2.75) is 52.7 Å². The van der Waals surface area contributed by atoms with Crippen molar-refractivity contribution in [1.82, 2.24) is 15.1 Å². The number of amides is 4. The van der Waals surface area contributed by atoms with E-state index in [4.69, 9.17) is 9.47 Å². The van der Waals surface area contributed by atoms with Crippen LogP contribution in [0.25, 0.3) is 0 Å². The topological polar surface area (TPSA) is 100 Å². The zero-order valence-corrected chi connectivity index (χ0v) is 20.6. The van der Waals surface area contributed by atoms with Crippen LogP contribution in [0.15, 0.2) is 18.2 Å². The number of nitrogens with zero attached hydrogens (tertiary/aromatic N) is 2. The Balaban J connectivity index is 2.39. The van der Waals surface area contributed by atoms with Crippen molar-refractivity contribution in [2.75, 3.05) is 45.7 Å². The van der Waals surface area contributed by atoms with Crippen molar-refractivity contribution >= 4 is 23.5 Å². The van der Waals surface area contributed by atoms with Gasteiger partial charge >= 0.3 is 6.03 Å². The van der Waals surface area contributed by atoms with Crippen molar-refractivity contribution in [3.63, 3.8) is 0 Å². The number of ether oxygens (including phenoxy) is 2. The molecular formula is C24H38N4O5. The molecule has 2 rings (SSSR count). The molecule has 0 aliphatic carbocycles. The number of methoxy groups -OCH3 is 1. The SMILES string of the molecule is CCCNC(=O)Nc1ccc2c(c1)OC[C@@H](C)N(C(=O)CC)C[C@H](C)[C@H](OC)CN(C)C2=O. The molecule has 0 fully saturated rings. The second-order valence-corrected chi connectivity index (χ2v) is 8.59. The van der Waals surface area contributed by atoms with E-state index in [9.17, 15) is 14.4 Å². The lowest BCUT2D eigenvalue weighted by Gasteiger charge is -2.36. The lowest BCUT2D eigenvalue weighted by molar-refractivity contribution is -0.135. The minimum Gasteiger partial charge on any atom is -0.491 e. The quantitative estimate of drug-likeness (QED) is 0.701. The molecule has 1 aliphatic heterocycles. The fourth-order valence-corrected chi connectivity index (χ4v) is 3.81. The molecule has 4 amide bonds. The number of anilines is 1. The second kappa shape index (κ2) is 12.4. The number of carbonyl (C=O) groups is 3. The van der Waals surface area contributed by atoms with Crippen molar-refractivity contribution in [2.24, 2.45) is 5.92 Å². The van der Waals surface area contributed by atoms with Gasteiger partial charge in [-0.15, -0.1) is 0 Å². The minimum absolute atomic E-state index is 0.0234. The van der Waals surface area contributed by atoms with Crippen LogP contribution in [0.1, 0.15) is 50.9 Å². The number of likely N-dealkylation sites (N-methyl/N-ethyl adjacent to an activating group) is 1. The van der Waals surface area contributed by atoms with Crippen LogP contribution in [-0.2, 0) is 9.53 Å². The first-order valence-electron chi connectivity index (χ1n) is 11.6. The van der Waals surface area contributed by atoms with E-state index in [0.29, 0.717) is 43.1 Å². The van der Waals surface area contributed by atoms with Crippen molar-refractivity contribution in [3.05, 3.63) is 23.8 Å². The van der Waals surface area contributed by atoms with Gasteiger partial charge in [0.2, 0.25) is 5.91 Å². The van der Waals surface area contributed by atoms with Crippen LogP contribution in [0.4, 0.5) is 10.5 Å². The lowest BCUT2D eigenvalue weighted by atomic mass is 10.0. The minimum atomic E-state index is -0.321. The largest absolute Gasteiger partial charge is 0.491 e. The Hall–Kier alpha value is -2.81. The van der Waals surface area contributed by atoms with Crippen LogP contribution in [0.5, 0.6) is 5.75 Å². The summed E-state index contributed by atoms with van der Waals surface area (Å²) in [7, 11) is 3.35. The van der Waals surface area contributed by atoms with Crippen molar-refractivity contribution < 1.29 is 23.9 Å². The molecule has 0 spiro atoms. The Bertz CT molecular complexity index is 831. The van der Waals surface area contributed by atoms with Gasteiger partial charge < -0.3 is 29.9 Å². The monoisotopic (exact) mass is 462 g/mol. The molecule has 3 atom stereocenters. The molecular weight excluding hydrogens is 424 g/mol. The van der Waals surface area contributed by atoms with Crippen molar-refractivity contribution in [3.8, 4) is 5.75 Å². The van der Waals surface area contributed by atoms with Gasteiger partial charge in [-0.25, -0.2) is 4.79 Å². The molecule has 1 heterocycles. The van der Waals surface area contributed by atoms with Gasteiger partial charge in [0, 0.05) is 57.9 Å². The number of hydrogen-bond acceptors (Lipinski definition) is 5. The Morgan fingerprint density at radius 3 is 2.58 bits per heavy atom. The van der Waals surface area contributed by atoms with Crippen LogP contribution in [-0.4, -0.2) is 80.2 Å². The van der Waals surface area contributed by atoms with Gasteiger partial charge in [-0.05, 0) is 25.5 Å². The van der Waals surface area contributed by atoms with Gasteiger partial charge in [0.25, 0.3) is 5.91 Å². The van der Waals surface area contributed by atoms with E-state index >= 15 is 0 Å². The molecule has 0 unspecified atom stereocenters. The van der Waals surface area contributed by atoms with Gasteiger partial charge in [-0.3, -0.25) is 9.59 Å². The first-order chi connectivity index (χ1) is 15.7. The van der Waals surface area contributed by atoms with Crippen LogP contribution >= 0.6 is 0 Å². The first kappa shape index (κ1) is 26.4. The molecule has 0 saturated carbocycles. The maximum Gasteiger partial charge on any atom is 0.319 e. The second-order valence-electron chi connectivity index (χ2n) is 8.59. The first-order valence-corrected chi connectivity index (χ1v) is 11.6. The number of nitrogens with one attached hydrogen (secondary N) is 2. The van der Waals surface area contributed by atoms with Crippen LogP contribution in [0, 0.1) is 5.92 Å². The summed E-state index contributed by atoms with van der Waals surface area (Å²) in [6.07, 6.45) is 0.989. The molecule has 1 aromatic carbocycles. The van der Waals surface area contributed by atoms with Gasteiger partial charge in [0.1, 0.15) is 12.4 Å². The number of hydrogen-bond donors (Lipinski definition) is 2. The molecule has 1 aromatic rings. The van der Waals surface area contributed by atoms with Crippen LogP contribution in [0.2, 0.25) is 0 Å². The normalized spacial score (nSPS) is 21.9. The van der Waals surface area contributed by atoms with E-state index in [1.165, 1.54) is 0 Å². The Morgan fingerprint density at radius 1 is 1.21 bits per heavy atom. The molecule has 0 radical (unpaired) electrons. The summed E-state index contributed by atoms with van der Waals surface area (Å²) in [6, 6.07) is 4.45. The van der Waals surface area contributed by atoms with Gasteiger partial charge in [0.15, 0.2) is 0 Å². The molecule has 1 aliphatic rings. The number of rotatable bonds is 5.